The summed E-state index contributed by atoms with van der Waals surface area (Å²) in [6.45, 7) is 5.73. The first kappa shape index (κ1) is 13.1. The van der Waals surface area contributed by atoms with Gasteiger partial charge in [-0.3, -0.25) is 0 Å². The lowest BCUT2D eigenvalue weighted by atomic mass is 9.85. The minimum Gasteiger partial charge on any atom is -0.508 e. The fraction of sp³-hybridized carbons (Fsp3) is 0.308. The van der Waals surface area contributed by atoms with Gasteiger partial charge in [-0.2, -0.15) is 0 Å². The van der Waals surface area contributed by atoms with Gasteiger partial charge in [-0.15, -0.1) is 0 Å². The van der Waals surface area contributed by atoms with E-state index in [0.717, 1.165) is 6.08 Å². The Balaban J connectivity index is 3.23. The molecule has 0 aliphatic heterocycles. The third-order valence-corrected chi connectivity index (χ3v) is 2.36. The summed E-state index contributed by atoms with van der Waals surface area (Å²) in [6, 6.07) is 2.81. The highest BCUT2D eigenvalue weighted by atomic mass is 16.4. The van der Waals surface area contributed by atoms with Crippen LogP contribution in [0.2, 0.25) is 0 Å². The van der Waals surface area contributed by atoms with E-state index in [2.05, 4.69) is 0 Å². The second-order valence-corrected chi connectivity index (χ2v) is 4.85. The molecule has 92 valence electrons. The van der Waals surface area contributed by atoms with Crippen molar-refractivity contribution in [3.63, 3.8) is 0 Å². The van der Waals surface area contributed by atoms with Crippen molar-refractivity contribution < 1.29 is 20.1 Å². The van der Waals surface area contributed by atoms with Crippen molar-refractivity contribution >= 4 is 12.0 Å². The van der Waals surface area contributed by atoms with E-state index in [9.17, 15) is 15.0 Å². The van der Waals surface area contributed by atoms with Crippen molar-refractivity contribution in [2.24, 2.45) is 0 Å². The number of benzene rings is 1. The molecule has 4 nitrogen and oxygen atoms in total. The SMILES string of the molecule is CC(C)(C)c1cc(O)c(C=CC(=O)O)cc1O. The molecule has 1 aromatic carbocycles. The van der Waals surface area contributed by atoms with Crippen LogP contribution in [0.25, 0.3) is 6.08 Å². The fourth-order valence-corrected chi connectivity index (χ4v) is 1.49. The summed E-state index contributed by atoms with van der Waals surface area (Å²) in [4.78, 5) is 10.4. The number of rotatable bonds is 2. The molecule has 4 heteroatoms. The molecule has 0 aliphatic rings. The Labute approximate surface area is 99.8 Å². The summed E-state index contributed by atoms with van der Waals surface area (Å²) in [5, 5.41) is 28.0. The van der Waals surface area contributed by atoms with Crippen LogP contribution in [-0.4, -0.2) is 21.3 Å². The zero-order valence-corrected chi connectivity index (χ0v) is 10.1. The molecule has 0 radical (unpaired) electrons. The Hall–Kier alpha value is -1.97. The van der Waals surface area contributed by atoms with E-state index in [-0.39, 0.29) is 22.5 Å². The maximum absolute atomic E-state index is 10.4. The lowest BCUT2D eigenvalue weighted by Gasteiger charge is -2.21. The number of aliphatic carboxylic acids is 1. The molecule has 0 saturated heterocycles. The molecule has 0 aliphatic carbocycles. The zero-order chi connectivity index (χ0) is 13.2. The molecular formula is C13H16O4. The molecule has 1 aromatic rings. The molecule has 17 heavy (non-hydrogen) atoms. The zero-order valence-electron chi connectivity index (χ0n) is 10.1. The molecule has 0 spiro atoms. The van der Waals surface area contributed by atoms with Gasteiger partial charge >= 0.3 is 5.97 Å². The molecule has 0 amide bonds. The largest absolute Gasteiger partial charge is 0.508 e. The summed E-state index contributed by atoms with van der Waals surface area (Å²) in [7, 11) is 0. The summed E-state index contributed by atoms with van der Waals surface area (Å²) in [5.74, 6) is -1.12. The molecule has 0 bridgehead atoms. The molecule has 0 fully saturated rings. The summed E-state index contributed by atoms with van der Waals surface area (Å²) >= 11 is 0. The lowest BCUT2D eigenvalue weighted by molar-refractivity contribution is -0.131. The summed E-state index contributed by atoms with van der Waals surface area (Å²) in [5.41, 5.74) is 0.594. The van der Waals surface area contributed by atoms with E-state index in [1.54, 1.807) is 0 Å². The van der Waals surface area contributed by atoms with Crippen molar-refractivity contribution in [2.45, 2.75) is 26.2 Å². The Morgan fingerprint density at radius 2 is 1.76 bits per heavy atom. The van der Waals surface area contributed by atoms with E-state index in [4.69, 9.17) is 5.11 Å². The number of carboxylic acids is 1. The average Bonchev–Trinajstić information content (AvgIpc) is 2.17. The molecular weight excluding hydrogens is 220 g/mol. The van der Waals surface area contributed by atoms with E-state index in [0.29, 0.717) is 5.56 Å². The first-order valence-corrected chi connectivity index (χ1v) is 5.19. The van der Waals surface area contributed by atoms with E-state index in [1.165, 1.54) is 18.2 Å². The second kappa shape index (κ2) is 4.49. The van der Waals surface area contributed by atoms with Gasteiger partial charge in [0.2, 0.25) is 0 Å². The number of phenols is 2. The molecule has 0 unspecified atom stereocenters. The highest BCUT2D eigenvalue weighted by Crippen LogP contribution is 2.35. The monoisotopic (exact) mass is 236 g/mol. The predicted octanol–water partition coefficient (Wildman–Crippen LogP) is 2.49. The van der Waals surface area contributed by atoms with Crippen LogP contribution < -0.4 is 0 Å². The van der Waals surface area contributed by atoms with Crippen LogP contribution in [0.15, 0.2) is 18.2 Å². The van der Waals surface area contributed by atoms with Gasteiger partial charge in [0.25, 0.3) is 0 Å². The fourth-order valence-electron chi connectivity index (χ4n) is 1.49. The number of aromatic hydroxyl groups is 2. The standard InChI is InChI=1S/C13H16O4/c1-13(2,3)9-7-10(14)8(6-11(9)15)4-5-12(16)17/h4-7,14-15H,1-3H3,(H,16,17). The van der Waals surface area contributed by atoms with Crippen molar-refractivity contribution in [3.05, 3.63) is 29.3 Å². The van der Waals surface area contributed by atoms with Gasteiger partial charge in [0.05, 0.1) is 0 Å². The molecule has 0 atom stereocenters. The van der Waals surface area contributed by atoms with Gasteiger partial charge in [0.1, 0.15) is 11.5 Å². The quantitative estimate of drug-likeness (QED) is 0.544. The average molecular weight is 236 g/mol. The van der Waals surface area contributed by atoms with E-state index < -0.39 is 5.97 Å². The first-order chi connectivity index (χ1) is 7.71. The highest BCUT2D eigenvalue weighted by molar-refractivity contribution is 5.86. The lowest BCUT2D eigenvalue weighted by Crippen LogP contribution is -2.11. The molecule has 0 heterocycles. The third kappa shape index (κ3) is 3.24. The smallest absolute Gasteiger partial charge is 0.328 e. The van der Waals surface area contributed by atoms with Crippen LogP contribution in [0, 0.1) is 0 Å². The molecule has 1 rings (SSSR count). The molecule has 0 aromatic heterocycles. The first-order valence-electron chi connectivity index (χ1n) is 5.19. The number of carbonyl (C=O) groups is 1. The van der Waals surface area contributed by atoms with Gasteiger partial charge in [-0.25, -0.2) is 4.79 Å². The second-order valence-electron chi connectivity index (χ2n) is 4.85. The van der Waals surface area contributed by atoms with Crippen LogP contribution in [-0.2, 0) is 10.2 Å². The van der Waals surface area contributed by atoms with E-state index >= 15 is 0 Å². The van der Waals surface area contributed by atoms with Crippen LogP contribution >= 0.6 is 0 Å². The van der Waals surface area contributed by atoms with Crippen LogP contribution in [0.5, 0.6) is 11.5 Å². The predicted molar refractivity (Wildman–Crippen MR) is 65.1 cm³/mol. The molecule has 0 saturated carbocycles. The highest BCUT2D eigenvalue weighted by Gasteiger charge is 2.19. The van der Waals surface area contributed by atoms with Crippen molar-refractivity contribution in [1.29, 1.82) is 0 Å². The Bertz CT molecular complexity index is 467. The van der Waals surface area contributed by atoms with Crippen LogP contribution in [0.1, 0.15) is 31.9 Å². The van der Waals surface area contributed by atoms with Crippen LogP contribution in [0.3, 0.4) is 0 Å². The normalized spacial score (nSPS) is 11.9. The Morgan fingerprint density at radius 1 is 1.18 bits per heavy atom. The topological polar surface area (TPSA) is 77.8 Å². The third-order valence-electron chi connectivity index (χ3n) is 2.36. The number of hydrogen-bond acceptors (Lipinski definition) is 3. The van der Waals surface area contributed by atoms with Gasteiger partial charge in [0.15, 0.2) is 0 Å². The van der Waals surface area contributed by atoms with Gasteiger partial charge < -0.3 is 15.3 Å². The van der Waals surface area contributed by atoms with Gasteiger partial charge in [-0.05, 0) is 23.6 Å². The van der Waals surface area contributed by atoms with E-state index in [1.807, 2.05) is 20.8 Å². The Morgan fingerprint density at radius 3 is 2.24 bits per heavy atom. The minimum absolute atomic E-state index is 0.0420. The molecule has 3 N–H and O–H groups in total. The van der Waals surface area contributed by atoms with Crippen LogP contribution in [0.4, 0.5) is 0 Å². The van der Waals surface area contributed by atoms with Gasteiger partial charge in [-0.1, -0.05) is 20.8 Å². The maximum atomic E-state index is 10.4. The minimum atomic E-state index is -1.11. The Kier molecular flexibility index (Phi) is 3.46. The summed E-state index contributed by atoms with van der Waals surface area (Å²) in [6.07, 6.45) is 2.15. The number of phenolic OH excluding ortho intramolecular Hbond substituents is 2. The van der Waals surface area contributed by atoms with Crippen molar-refractivity contribution in [2.75, 3.05) is 0 Å². The maximum Gasteiger partial charge on any atom is 0.328 e. The van der Waals surface area contributed by atoms with Crippen molar-refractivity contribution in [1.82, 2.24) is 0 Å². The van der Waals surface area contributed by atoms with Gasteiger partial charge in [0, 0.05) is 17.2 Å². The summed E-state index contributed by atoms with van der Waals surface area (Å²) < 4.78 is 0. The van der Waals surface area contributed by atoms with Crippen molar-refractivity contribution in [3.8, 4) is 11.5 Å². The number of carboxylic acid groups (broad SMARTS) is 1. The number of hydrogen-bond donors (Lipinski definition) is 3.